The molecule has 0 spiro atoms. The van der Waals surface area contributed by atoms with Crippen molar-refractivity contribution in [3.8, 4) is 10.7 Å². The van der Waals surface area contributed by atoms with Gasteiger partial charge in [-0.25, -0.2) is 9.67 Å². The lowest BCUT2D eigenvalue weighted by Gasteiger charge is -2.15. The number of rotatable bonds is 6. The zero-order valence-electron chi connectivity index (χ0n) is 10.8. The smallest absolute Gasteiger partial charge is 0.305 e. The molecule has 0 radical (unpaired) electrons. The summed E-state index contributed by atoms with van der Waals surface area (Å²) in [6.45, 7) is 3.90. The van der Waals surface area contributed by atoms with Crippen LogP contribution in [-0.4, -0.2) is 36.3 Å². The van der Waals surface area contributed by atoms with E-state index in [2.05, 4.69) is 20.5 Å². The zero-order valence-corrected chi connectivity index (χ0v) is 11.6. The van der Waals surface area contributed by atoms with Crippen LogP contribution in [0.15, 0.2) is 5.51 Å². The van der Waals surface area contributed by atoms with E-state index in [1.165, 1.54) is 11.3 Å². The monoisotopic (exact) mass is 281 g/mol. The van der Waals surface area contributed by atoms with Gasteiger partial charge in [-0.3, -0.25) is 4.79 Å². The van der Waals surface area contributed by atoms with Gasteiger partial charge in [-0.2, -0.15) is 0 Å². The number of aliphatic carboxylic acids is 1. The summed E-state index contributed by atoms with van der Waals surface area (Å²) in [6, 6.07) is -0.228. The molecule has 102 valence electrons. The summed E-state index contributed by atoms with van der Waals surface area (Å²) < 4.78 is 1.61. The highest BCUT2D eigenvalue weighted by Gasteiger charge is 2.22. The average Bonchev–Trinajstić information content (AvgIpc) is 2.95. The summed E-state index contributed by atoms with van der Waals surface area (Å²) in [7, 11) is 0. The molecule has 7 nitrogen and oxygen atoms in total. The summed E-state index contributed by atoms with van der Waals surface area (Å²) in [5.41, 5.74) is 2.59. The van der Waals surface area contributed by atoms with Crippen LogP contribution < -0.4 is 0 Å². The normalized spacial score (nSPS) is 12.5. The fraction of sp³-hybridized carbons (Fsp3) is 0.545. The Balaban J connectivity index is 2.36. The fourth-order valence-corrected chi connectivity index (χ4v) is 2.73. The number of carboxylic acids is 1. The van der Waals surface area contributed by atoms with Gasteiger partial charge in [-0.15, -0.1) is 16.4 Å². The van der Waals surface area contributed by atoms with E-state index < -0.39 is 5.97 Å². The molecular weight excluding hydrogens is 266 g/mol. The molecule has 0 aliphatic carbocycles. The number of thiazole rings is 1. The molecule has 0 bridgehead atoms. The van der Waals surface area contributed by atoms with Gasteiger partial charge in [-0.05, 0) is 23.8 Å². The van der Waals surface area contributed by atoms with Crippen molar-refractivity contribution >= 4 is 17.3 Å². The predicted molar refractivity (Wildman–Crippen MR) is 69.9 cm³/mol. The first kappa shape index (κ1) is 13.6. The molecule has 2 aromatic heterocycles. The molecule has 0 fully saturated rings. The topological polar surface area (TPSA) is 93.8 Å². The fourth-order valence-electron chi connectivity index (χ4n) is 1.95. The highest BCUT2D eigenvalue weighted by molar-refractivity contribution is 7.13. The van der Waals surface area contributed by atoms with E-state index in [1.54, 1.807) is 10.2 Å². The van der Waals surface area contributed by atoms with Gasteiger partial charge in [0.25, 0.3) is 0 Å². The Morgan fingerprint density at radius 2 is 2.37 bits per heavy atom. The van der Waals surface area contributed by atoms with Crippen LogP contribution in [0.5, 0.6) is 0 Å². The molecule has 0 saturated carbocycles. The van der Waals surface area contributed by atoms with Crippen molar-refractivity contribution in [2.24, 2.45) is 0 Å². The SMILES string of the molecule is CCCC(CC(=O)O)n1nnnc1-c1scnc1C. The molecule has 2 aromatic rings. The lowest BCUT2D eigenvalue weighted by atomic mass is 10.1. The van der Waals surface area contributed by atoms with Crippen molar-refractivity contribution in [1.29, 1.82) is 0 Å². The molecule has 0 aliphatic rings. The van der Waals surface area contributed by atoms with Gasteiger partial charge in [0.15, 0.2) is 5.82 Å². The maximum absolute atomic E-state index is 11.0. The largest absolute Gasteiger partial charge is 0.481 e. The third-order valence-corrected chi connectivity index (χ3v) is 3.74. The van der Waals surface area contributed by atoms with Crippen LogP contribution in [0, 0.1) is 6.92 Å². The van der Waals surface area contributed by atoms with Crippen LogP contribution in [0.4, 0.5) is 0 Å². The molecule has 1 N–H and O–H groups in total. The van der Waals surface area contributed by atoms with E-state index in [1.807, 2.05) is 13.8 Å². The van der Waals surface area contributed by atoms with Gasteiger partial charge in [0.1, 0.15) is 0 Å². The number of carboxylic acid groups (broad SMARTS) is 1. The van der Waals surface area contributed by atoms with Gasteiger partial charge in [-0.1, -0.05) is 13.3 Å². The summed E-state index contributed by atoms with van der Waals surface area (Å²) in [6.07, 6.45) is 1.62. The van der Waals surface area contributed by atoms with Gasteiger partial charge >= 0.3 is 5.97 Å². The highest BCUT2D eigenvalue weighted by Crippen LogP contribution is 2.28. The van der Waals surface area contributed by atoms with Gasteiger partial charge in [0.2, 0.25) is 0 Å². The lowest BCUT2D eigenvalue weighted by molar-refractivity contribution is -0.138. The van der Waals surface area contributed by atoms with Crippen molar-refractivity contribution in [2.75, 3.05) is 0 Å². The first-order chi connectivity index (χ1) is 9.13. The second kappa shape index (κ2) is 5.87. The number of hydrogen-bond acceptors (Lipinski definition) is 6. The molecule has 2 heterocycles. The summed E-state index contributed by atoms with van der Waals surface area (Å²) in [4.78, 5) is 16.0. The maximum atomic E-state index is 11.0. The Morgan fingerprint density at radius 3 is 2.95 bits per heavy atom. The van der Waals surface area contributed by atoms with E-state index in [-0.39, 0.29) is 12.5 Å². The van der Waals surface area contributed by atoms with E-state index >= 15 is 0 Å². The van der Waals surface area contributed by atoms with Crippen molar-refractivity contribution in [3.63, 3.8) is 0 Å². The van der Waals surface area contributed by atoms with Crippen molar-refractivity contribution in [2.45, 2.75) is 39.2 Å². The number of hydrogen-bond donors (Lipinski definition) is 1. The van der Waals surface area contributed by atoms with Gasteiger partial charge < -0.3 is 5.11 Å². The molecule has 2 rings (SSSR count). The first-order valence-electron chi connectivity index (χ1n) is 6.03. The highest BCUT2D eigenvalue weighted by atomic mass is 32.1. The van der Waals surface area contributed by atoms with Gasteiger partial charge in [0.05, 0.1) is 28.5 Å². The minimum atomic E-state index is -0.846. The Kier molecular flexibility index (Phi) is 4.20. The molecule has 1 atom stereocenters. The minimum absolute atomic E-state index is 0.0176. The zero-order chi connectivity index (χ0) is 13.8. The molecule has 0 saturated heterocycles. The lowest BCUT2D eigenvalue weighted by Crippen LogP contribution is -2.16. The molecule has 0 aliphatic heterocycles. The number of carbonyl (C=O) groups is 1. The first-order valence-corrected chi connectivity index (χ1v) is 6.91. The Bertz CT molecular complexity index is 565. The standard InChI is InChI=1S/C11H15N5O2S/c1-3-4-8(5-9(17)18)16-11(13-14-15-16)10-7(2)12-6-19-10/h6,8H,3-5H2,1-2H3,(H,17,18). The molecule has 1 unspecified atom stereocenters. The minimum Gasteiger partial charge on any atom is -0.481 e. The van der Waals surface area contributed by atoms with Crippen molar-refractivity contribution < 1.29 is 9.90 Å². The number of tetrazole rings is 1. The van der Waals surface area contributed by atoms with Crippen molar-refractivity contribution in [1.82, 2.24) is 25.2 Å². The summed E-state index contributed by atoms with van der Waals surface area (Å²) in [5.74, 6) is -0.249. The van der Waals surface area contributed by atoms with E-state index in [4.69, 9.17) is 5.11 Å². The molecule has 8 heteroatoms. The van der Waals surface area contributed by atoms with Crippen LogP contribution in [0.3, 0.4) is 0 Å². The molecule has 0 amide bonds. The van der Waals surface area contributed by atoms with Crippen LogP contribution in [0.1, 0.15) is 37.9 Å². The second-order valence-corrected chi connectivity index (χ2v) is 5.11. The van der Waals surface area contributed by atoms with E-state index in [0.29, 0.717) is 5.82 Å². The second-order valence-electron chi connectivity index (χ2n) is 4.25. The summed E-state index contributed by atoms with van der Waals surface area (Å²) >= 11 is 1.45. The molecule has 0 aromatic carbocycles. The average molecular weight is 281 g/mol. The number of aromatic nitrogens is 5. The predicted octanol–water partition coefficient (Wildman–Crippen LogP) is 1.92. The molecular formula is C11H15N5O2S. The quantitative estimate of drug-likeness (QED) is 0.869. The number of nitrogens with zero attached hydrogens (tertiary/aromatic N) is 5. The Labute approximate surface area is 114 Å². The molecule has 19 heavy (non-hydrogen) atoms. The number of aryl methyl sites for hydroxylation is 1. The maximum Gasteiger partial charge on any atom is 0.305 e. The Morgan fingerprint density at radius 1 is 1.58 bits per heavy atom. The third kappa shape index (κ3) is 2.95. The van der Waals surface area contributed by atoms with E-state index in [9.17, 15) is 4.79 Å². The Hall–Kier alpha value is -1.83. The van der Waals surface area contributed by atoms with Crippen LogP contribution in [0.25, 0.3) is 10.7 Å². The van der Waals surface area contributed by atoms with Crippen LogP contribution in [-0.2, 0) is 4.79 Å². The summed E-state index contributed by atoms with van der Waals surface area (Å²) in [5, 5.41) is 20.6. The van der Waals surface area contributed by atoms with E-state index in [0.717, 1.165) is 23.4 Å². The van der Waals surface area contributed by atoms with Crippen molar-refractivity contribution in [3.05, 3.63) is 11.2 Å². The van der Waals surface area contributed by atoms with Crippen LogP contribution >= 0.6 is 11.3 Å². The third-order valence-electron chi connectivity index (χ3n) is 2.82. The van der Waals surface area contributed by atoms with Gasteiger partial charge in [0, 0.05) is 0 Å². The van der Waals surface area contributed by atoms with Crippen LogP contribution in [0.2, 0.25) is 0 Å².